The van der Waals surface area contributed by atoms with Crippen molar-refractivity contribution in [3.05, 3.63) is 46.7 Å². The fourth-order valence-electron chi connectivity index (χ4n) is 3.35. The van der Waals surface area contributed by atoms with Gasteiger partial charge in [-0.3, -0.25) is 9.58 Å². The van der Waals surface area contributed by atoms with Crippen molar-refractivity contribution in [3.8, 4) is 0 Å². The van der Waals surface area contributed by atoms with Gasteiger partial charge in [-0.25, -0.2) is 4.98 Å². The van der Waals surface area contributed by atoms with Crippen molar-refractivity contribution in [2.24, 2.45) is 7.05 Å². The lowest BCUT2D eigenvalue weighted by atomic mass is 10.1. The Kier molecular flexibility index (Phi) is 3.47. The van der Waals surface area contributed by atoms with Crippen molar-refractivity contribution < 1.29 is 0 Å². The van der Waals surface area contributed by atoms with Gasteiger partial charge in [0.1, 0.15) is 0 Å². The molecule has 0 saturated carbocycles. The molecule has 3 aromatic rings. The maximum absolute atomic E-state index is 4.59. The summed E-state index contributed by atoms with van der Waals surface area (Å²) in [5, 5.41) is 4.59. The normalized spacial score (nSPS) is 17.4. The molecule has 4 rings (SSSR count). The molecular formula is C17H20N4S. The van der Waals surface area contributed by atoms with Crippen LogP contribution in [0.2, 0.25) is 0 Å². The Morgan fingerprint density at radius 1 is 1.32 bits per heavy atom. The first-order valence-corrected chi connectivity index (χ1v) is 8.67. The van der Waals surface area contributed by atoms with Crippen LogP contribution in [-0.2, 0) is 20.0 Å². The highest BCUT2D eigenvalue weighted by atomic mass is 32.1. The molecule has 4 nitrogen and oxygen atoms in total. The molecule has 0 N–H and O–H groups in total. The Labute approximate surface area is 134 Å². The number of nitrogens with zero attached hydrogens (tertiary/aromatic N) is 4. The molecule has 1 aromatic carbocycles. The highest BCUT2D eigenvalue weighted by Gasteiger charge is 2.22. The van der Waals surface area contributed by atoms with Crippen molar-refractivity contribution in [1.82, 2.24) is 19.7 Å². The number of aryl methyl sites for hydroxylation is 2. The monoisotopic (exact) mass is 312 g/mol. The van der Waals surface area contributed by atoms with Gasteiger partial charge in [-0.05, 0) is 44.0 Å². The molecule has 0 fully saturated rings. The molecule has 2 aromatic heterocycles. The standard InChI is InChI=1S/C17H20N4S/c1-12(13-5-6-17-16(8-13)18-11-22-17)21-7-3-4-15-14(10-21)9-20(2)19-15/h5-6,8-9,11-12H,3-4,7,10H2,1-2H3. The van der Waals surface area contributed by atoms with Gasteiger partial charge in [-0.1, -0.05) is 6.07 Å². The zero-order valence-corrected chi connectivity index (χ0v) is 13.8. The highest BCUT2D eigenvalue weighted by molar-refractivity contribution is 7.16. The van der Waals surface area contributed by atoms with Crippen LogP contribution < -0.4 is 0 Å². The van der Waals surface area contributed by atoms with Crippen LogP contribution >= 0.6 is 11.3 Å². The lowest BCUT2D eigenvalue weighted by Gasteiger charge is -2.28. The molecule has 0 spiro atoms. The quantitative estimate of drug-likeness (QED) is 0.726. The van der Waals surface area contributed by atoms with E-state index >= 15 is 0 Å². The molecule has 1 aliphatic heterocycles. The predicted octanol–water partition coefficient (Wildman–Crippen LogP) is 3.54. The molecule has 0 radical (unpaired) electrons. The van der Waals surface area contributed by atoms with E-state index in [2.05, 4.69) is 46.3 Å². The molecule has 1 unspecified atom stereocenters. The first-order valence-electron chi connectivity index (χ1n) is 7.79. The van der Waals surface area contributed by atoms with E-state index in [0.29, 0.717) is 6.04 Å². The molecule has 0 aliphatic carbocycles. The molecule has 0 bridgehead atoms. The zero-order valence-electron chi connectivity index (χ0n) is 13.0. The Morgan fingerprint density at radius 3 is 3.14 bits per heavy atom. The molecular weight excluding hydrogens is 292 g/mol. The number of fused-ring (bicyclic) bond motifs is 2. The van der Waals surface area contributed by atoms with Gasteiger partial charge >= 0.3 is 0 Å². The van der Waals surface area contributed by atoms with Crippen molar-refractivity contribution >= 4 is 21.6 Å². The fraction of sp³-hybridized carbons (Fsp3) is 0.412. The van der Waals surface area contributed by atoms with Crippen molar-refractivity contribution in [1.29, 1.82) is 0 Å². The van der Waals surface area contributed by atoms with Gasteiger partial charge in [0.15, 0.2) is 0 Å². The highest BCUT2D eigenvalue weighted by Crippen LogP contribution is 2.29. The molecule has 0 saturated heterocycles. The SMILES string of the molecule is CC(c1ccc2scnc2c1)N1CCCc2nn(C)cc2C1. The Bertz CT molecular complexity index is 804. The lowest BCUT2D eigenvalue weighted by Crippen LogP contribution is -2.26. The molecule has 22 heavy (non-hydrogen) atoms. The van der Waals surface area contributed by atoms with Crippen molar-refractivity contribution in [2.75, 3.05) is 6.54 Å². The number of aromatic nitrogens is 3. The van der Waals surface area contributed by atoms with Gasteiger partial charge in [0, 0.05) is 31.4 Å². The van der Waals surface area contributed by atoms with E-state index in [0.717, 1.165) is 25.0 Å². The fourth-order valence-corrected chi connectivity index (χ4v) is 4.01. The van der Waals surface area contributed by atoms with Crippen LogP contribution in [0.3, 0.4) is 0 Å². The van der Waals surface area contributed by atoms with Crippen LogP contribution in [0.4, 0.5) is 0 Å². The first-order chi connectivity index (χ1) is 10.7. The zero-order chi connectivity index (χ0) is 15.1. The van der Waals surface area contributed by atoms with E-state index in [1.807, 2.05) is 17.2 Å². The van der Waals surface area contributed by atoms with Crippen molar-refractivity contribution in [2.45, 2.75) is 32.4 Å². The van der Waals surface area contributed by atoms with Crippen LogP contribution in [0.25, 0.3) is 10.2 Å². The smallest absolute Gasteiger partial charge is 0.0815 e. The number of thiazole rings is 1. The van der Waals surface area contributed by atoms with Gasteiger partial charge in [-0.2, -0.15) is 5.10 Å². The average molecular weight is 312 g/mol. The maximum Gasteiger partial charge on any atom is 0.0815 e. The third-order valence-corrected chi connectivity index (χ3v) is 5.42. The summed E-state index contributed by atoms with van der Waals surface area (Å²) in [6.07, 6.45) is 4.43. The summed E-state index contributed by atoms with van der Waals surface area (Å²) in [6.45, 7) is 4.41. The van der Waals surface area contributed by atoms with E-state index in [1.54, 1.807) is 11.3 Å². The lowest BCUT2D eigenvalue weighted by molar-refractivity contribution is 0.204. The van der Waals surface area contributed by atoms with Gasteiger partial charge in [0.05, 0.1) is 21.4 Å². The molecule has 0 amide bonds. The minimum Gasteiger partial charge on any atom is -0.292 e. The number of hydrogen-bond donors (Lipinski definition) is 0. The summed E-state index contributed by atoms with van der Waals surface area (Å²) >= 11 is 1.70. The second kappa shape index (κ2) is 5.48. The second-order valence-electron chi connectivity index (χ2n) is 6.10. The van der Waals surface area contributed by atoms with E-state index < -0.39 is 0 Å². The van der Waals surface area contributed by atoms with Crippen LogP contribution in [0, 0.1) is 0 Å². The summed E-state index contributed by atoms with van der Waals surface area (Å²) in [4.78, 5) is 7.01. The van der Waals surface area contributed by atoms with Crippen LogP contribution in [0.15, 0.2) is 29.9 Å². The Hall–Kier alpha value is -1.72. The molecule has 1 atom stereocenters. The summed E-state index contributed by atoms with van der Waals surface area (Å²) in [6, 6.07) is 7.09. The van der Waals surface area contributed by atoms with E-state index in [9.17, 15) is 0 Å². The minimum atomic E-state index is 0.400. The van der Waals surface area contributed by atoms with E-state index in [-0.39, 0.29) is 0 Å². The van der Waals surface area contributed by atoms with E-state index in [1.165, 1.54) is 27.9 Å². The number of hydrogen-bond acceptors (Lipinski definition) is 4. The van der Waals surface area contributed by atoms with Gasteiger partial charge in [0.2, 0.25) is 0 Å². The van der Waals surface area contributed by atoms with Crippen LogP contribution in [-0.4, -0.2) is 26.2 Å². The average Bonchev–Trinajstić information content (AvgIpc) is 3.06. The van der Waals surface area contributed by atoms with Crippen molar-refractivity contribution in [3.63, 3.8) is 0 Å². The molecule has 3 heterocycles. The summed E-state index contributed by atoms with van der Waals surface area (Å²) in [5.41, 5.74) is 7.04. The largest absolute Gasteiger partial charge is 0.292 e. The molecule has 1 aliphatic rings. The second-order valence-corrected chi connectivity index (χ2v) is 6.99. The van der Waals surface area contributed by atoms with Crippen LogP contribution in [0.5, 0.6) is 0 Å². The predicted molar refractivity (Wildman–Crippen MR) is 90.0 cm³/mol. The number of rotatable bonds is 2. The Balaban J connectivity index is 1.62. The maximum atomic E-state index is 4.59. The summed E-state index contributed by atoms with van der Waals surface area (Å²) in [7, 11) is 2.01. The van der Waals surface area contributed by atoms with E-state index in [4.69, 9.17) is 0 Å². The number of benzene rings is 1. The summed E-state index contributed by atoms with van der Waals surface area (Å²) < 4.78 is 3.21. The first kappa shape index (κ1) is 13.9. The third kappa shape index (κ3) is 2.44. The summed E-state index contributed by atoms with van der Waals surface area (Å²) in [5.74, 6) is 0. The third-order valence-electron chi connectivity index (χ3n) is 4.61. The van der Waals surface area contributed by atoms with Crippen LogP contribution in [0.1, 0.15) is 36.2 Å². The van der Waals surface area contributed by atoms with Gasteiger partial charge in [0.25, 0.3) is 0 Å². The topological polar surface area (TPSA) is 34.0 Å². The molecule has 5 heteroatoms. The van der Waals surface area contributed by atoms with Gasteiger partial charge < -0.3 is 0 Å². The minimum absolute atomic E-state index is 0.400. The Morgan fingerprint density at radius 2 is 2.23 bits per heavy atom. The molecule has 114 valence electrons. The van der Waals surface area contributed by atoms with Gasteiger partial charge in [-0.15, -0.1) is 11.3 Å².